The average Bonchev–Trinajstić information content (AvgIpc) is 3.34. The Balaban J connectivity index is 1.79. The first-order chi connectivity index (χ1) is 14.0. The molecule has 1 aromatic carbocycles. The lowest BCUT2D eigenvalue weighted by molar-refractivity contribution is -0.115. The van der Waals surface area contributed by atoms with E-state index in [2.05, 4.69) is 10.6 Å². The highest BCUT2D eigenvalue weighted by atomic mass is 32.1. The minimum Gasteiger partial charge on any atom is -0.465 e. The van der Waals surface area contributed by atoms with Crippen LogP contribution in [0.5, 0.6) is 0 Å². The molecule has 6 nitrogen and oxygen atoms in total. The second-order valence-electron chi connectivity index (χ2n) is 6.22. The SMILES string of the molecule is COC(=O)c1c(NC(=O)Cc2cccs2)sc(C(=O)NCc2ccccc2)c1C. The van der Waals surface area contributed by atoms with Crippen molar-refractivity contribution in [2.75, 3.05) is 12.4 Å². The Morgan fingerprint density at radius 1 is 1.07 bits per heavy atom. The number of hydrogen-bond donors (Lipinski definition) is 2. The largest absolute Gasteiger partial charge is 0.465 e. The Hall–Kier alpha value is -2.97. The van der Waals surface area contributed by atoms with Gasteiger partial charge in [0.25, 0.3) is 5.91 Å². The Morgan fingerprint density at radius 2 is 1.83 bits per heavy atom. The molecule has 0 bridgehead atoms. The number of thiophene rings is 2. The van der Waals surface area contributed by atoms with E-state index >= 15 is 0 Å². The molecule has 2 N–H and O–H groups in total. The number of nitrogens with one attached hydrogen (secondary N) is 2. The number of benzene rings is 1. The van der Waals surface area contributed by atoms with E-state index in [-0.39, 0.29) is 23.8 Å². The molecule has 8 heteroatoms. The van der Waals surface area contributed by atoms with Gasteiger partial charge in [-0.1, -0.05) is 36.4 Å². The van der Waals surface area contributed by atoms with Gasteiger partial charge in [-0.2, -0.15) is 0 Å². The summed E-state index contributed by atoms with van der Waals surface area (Å²) in [4.78, 5) is 38.6. The molecule has 0 aliphatic rings. The molecule has 0 unspecified atom stereocenters. The molecule has 150 valence electrons. The van der Waals surface area contributed by atoms with Crippen LogP contribution in [0.3, 0.4) is 0 Å². The fourth-order valence-corrected chi connectivity index (χ4v) is 4.60. The number of ether oxygens (including phenoxy) is 1. The van der Waals surface area contributed by atoms with Gasteiger partial charge in [-0.15, -0.1) is 22.7 Å². The number of rotatable bonds is 7. The summed E-state index contributed by atoms with van der Waals surface area (Å²) in [5.74, 6) is -1.15. The van der Waals surface area contributed by atoms with Gasteiger partial charge in [0.15, 0.2) is 0 Å². The predicted octanol–water partition coefficient (Wildman–Crippen LogP) is 4.02. The van der Waals surface area contributed by atoms with Crippen LogP contribution in [0, 0.1) is 6.92 Å². The summed E-state index contributed by atoms with van der Waals surface area (Å²) in [6.45, 7) is 2.04. The van der Waals surface area contributed by atoms with Gasteiger partial charge in [0.1, 0.15) is 5.00 Å². The van der Waals surface area contributed by atoms with Crippen LogP contribution in [-0.2, 0) is 22.5 Å². The summed E-state index contributed by atoms with van der Waals surface area (Å²) in [5.41, 5.74) is 1.66. The van der Waals surface area contributed by atoms with Crippen LogP contribution in [0.1, 0.15) is 36.0 Å². The third-order valence-electron chi connectivity index (χ3n) is 4.21. The molecule has 2 amide bonds. The zero-order chi connectivity index (χ0) is 20.8. The molecule has 0 atom stereocenters. The van der Waals surface area contributed by atoms with Crippen molar-refractivity contribution >= 4 is 45.5 Å². The highest BCUT2D eigenvalue weighted by Gasteiger charge is 2.26. The van der Waals surface area contributed by atoms with Crippen LogP contribution in [0.15, 0.2) is 47.8 Å². The van der Waals surface area contributed by atoms with E-state index in [0.717, 1.165) is 21.8 Å². The normalized spacial score (nSPS) is 10.4. The number of methoxy groups -OCH3 is 1. The third kappa shape index (κ3) is 5.10. The van der Waals surface area contributed by atoms with Crippen molar-refractivity contribution in [3.63, 3.8) is 0 Å². The minimum absolute atomic E-state index is 0.199. The number of carbonyl (C=O) groups is 3. The third-order valence-corrected chi connectivity index (χ3v) is 6.29. The Morgan fingerprint density at radius 3 is 2.48 bits per heavy atom. The molecular formula is C21H20N2O4S2. The molecule has 0 aliphatic carbocycles. The topological polar surface area (TPSA) is 84.5 Å². The molecule has 0 aliphatic heterocycles. The van der Waals surface area contributed by atoms with Crippen molar-refractivity contribution in [2.45, 2.75) is 19.9 Å². The first kappa shape index (κ1) is 20.8. The zero-order valence-electron chi connectivity index (χ0n) is 16.0. The van der Waals surface area contributed by atoms with E-state index in [4.69, 9.17) is 4.74 Å². The van der Waals surface area contributed by atoms with Crippen LogP contribution in [0.2, 0.25) is 0 Å². The van der Waals surface area contributed by atoms with Gasteiger partial charge in [0, 0.05) is 11.4 Å². The number of hydrogen-bond acceptors (Lipinski definition) is 6. The Labute approximate surface area is 176 Å². The van der Waals surface area contributed by atoms with Gasteiger partial charge in [0.2, 0.25) is 5.91 Å². The van der Waals surface area contributed by atoms with Crippen molar-refractivity contribution in [1.29, 1.82) is 0 Å². The predicted molar refractivity (Wildman–Crippen MR) is 115 cm³/mol. The molecule has 3 rings (SSSR count). The van der Waals surface area contributed by atoms with Gasteiger partial charge < -0.3 is 15.4 Å². The maximum Gasteiger partial charge on any atom is 0.341 e. The van der Waals surface area contributed by atoms with Crippen molar-refractivity contribution in [2.24, 2.45) is 0 Å². The molecule has 2 aromatic heterocycles. The van der Waals surface area contributed by atoms with Gasteiger partial charge in [-0.3, -0.25) is 9.59 Å². The van der Waals surface area contributed by atoms with Crippen LogP contribution in [-0.4, -0.2) is 24.9 Å². The van der Waals surface area contributed by atoms with Gasteiger partial charge in [-0.25, -0.2) is 4.79 Å². The number of anilines is 1. The van der Waals surface area contributed by atoms with E-state index in [9.17, 15) is 14.4 Å². The molecule has 0 saturated carbocycles. The highest BCUT2D eigenvalue weighted by molar-refractivity contribution is 7.18. The Kier molecular flexibility index (Phi) is 6.79. The van der Waals surface area contributed by atoms with Crippen molar-refractivity contribution in [3.05, 3.63) is 74.3 Å². The van der Waals surface area contributed by atoms with Crippen LogP contribution < -0.4 is 10.6 Å². The van der Waals surface area contributed by atoms with Crippen LogP contribution in [0.4, 0.5) is 5.00 Å². The van der Waals surface area contributed by atoms with E-state index in [1.54, 1.807) is 6.92 Å². The summed E-state index contributed by atoms with van der Waals surface area (Å²) >= 11 is 2.55. The van der Waals surface area contributed by atoms with E-state index < -0.39 is 5.97 Å². The first-order valence-electron chi connectivity index (χ1n) is 8.85. The number of esters is 1. The minimum atomic E-state index is -0.590. The second kappa shape index (κ2) is 9.49. The monoisotopic (exact) mass is 428 g/mol. The van der Waals surface area contributed by atoms with Crippen molar-refractivity contribution in [1.82, 2.24) is 5.32 Å². The van der Waals surface area contributed by atoms with Gasteiger partial charge in [0.05, 0.1) is 24.0 Å². The van der Waals surface area contributed by atoms with Crippen LogP contribution in [0.25, 0.3) is 0 Å². The second-order valence-corrected chi connectivity index (χ2v) is 8.28. The highest BCUT2D eigenvalue weighted by Crippen LogP contribution is 2.34. The summed E-state index contributed by atoms with van der Waals surface area (Å²) in [7, 11) is 1.27. The number of amides is 2. The van der Waals surface area contributed by atoms with Gasteiger partial charge >= 0.3 is 5.97 Å². The lowest BCUT2D eigenvalue weighted by Gasteiger charge is -2.05. The molecule has 0 fully saturated rings. The fourth-order valence-electron chi connectivity index (χ4n) is 2.77. The van der Waals surface area contributed by atoms with Crippen LogP contribution >= 0.6 is 22.7 Å². The molecule has 0 spiro atoms. The van der Waals surface area contributed by atoms with Crippen molar-refractivity contribution in [3.8, 4) is 0 Å². The summed E-state index contributed by atoms with van der Waals surface area (Å²) in [6, 6.07) is 13.3. The molecule has 3 aromatic rings. The summed E-state index contributed by atoms with van der Waals surface area (Å²) in [6.07, 6.45) is 0.199. The van der Waals surface area contributed by atoms with Crippen molar-refractivity contribution < 1.29 is 19.1 Å². The molecular weight excluding hydrogens is 408 g/mol. The summed E-state index contributed by atoms with van der Waals surface area (Å²) < 4.78 is 4.85. The zero-order valence-corrected chi connectivity index (χ0v) is 17.6. The maximum absolute atomic E-state index is 12.7. The van der Waals surface area contributed by atoms with Gasteiger partial charge in [-0.05, 0) is 29.5 Å². The molecule has 0 radical (unpaired) electrons. The lowest BCUT2D eigenvalue weighted by Crippen LogP contribution is -2.22. The van der Waals surface area contributed by atoms with E-state index in [0.29, 0.717) is 22.0 Å². The lowest BCUT2D eigenvalue weighted by atomic mass is 10.1. The van der Waals surface area contributed by atoms with E-state index in [1.165, 1.54) is 18.4 Å². The molecule has 2 heterocycles. The first-order valence-corrected chi connectivity index (χ1v) is 10.5. The smallest absolute Gasteiger partial charge is 0.341 e. The maximum atomic E-state index is 12.7. The molecule has 29 heavy (non-hydrogen) atoms. The quantitative estimate of drug-likeness (QED) is 0.557. The Bertz CT molecular complexity index is 1010. The van der Waals surface area contributed by atoms with E-state index in [1.807, 2.05) is 47.8 Å². The standard InChI is InChI=1S/C21H20N2O4S2/c1-13-17(21(26)27-2)20(23-16(24)11-15-9-6-10-28-15)29-18(13)19(25)22-12-14-7-4-3-5-8-14/h3-10H,11-12H2,1-2H3,(H,22,25)(H,23,24). The fraction of sp³-hybridized carbons (Fsp3) is 0.190. The average molecular weight is 429 g/mol. The summed E-state index contributed by atoms with van der Waals surface area (Å²) in [5, 5.41) is 7.83. The number of carbonyl (C=O) groups excluding carboxylic acids is 3. The molecule has 0 saturated heterocycles.